The van der Waals surface area contributed by atoms with E-state index in [-0.39, 0.29) is 0 Å². The second kappa shape index (κ2) is 7.67. The largest absolute Gasteiger partial charge is 0.309 e. The lowest BCUT2D eigenvalue weighted by Crippen LogP contribution is -1.94. The van der Waals surface area contributed by atoms with E-state index in [1.54, 1.807) is 0 Å². The van der Waals surface area contributed by atoms with Crippen LogP contribution in [0, 0.1) is 0 Å². The van der Waals surface area contributed by atoms with Gasteiger partial charge < -0.3 is 4.57 Å². The Hall–Kier alpha value is -3.88. The van der Waals surface area contributed by atoms with Crippen molar-refractivity contribution in [2.24, 2.45) is 0 Å². The number of hydrogen-bond acceptors (Lipinski definition) is 1. The molecule has 0 aliphatic carbocycles. The molecule has 0 aliphatic heterocycles. The second-order valence-corrected chi connectivity index (χ2v) is 8.26. The SMILES string of the molecule is Clc1ccccc1-c1ccc2c3ccccc3n(-c3cccc(-c4ccncc4)c3)c2c1. The maximum Gasteiger partial charge on any atom is 0.0547 e. The van der Waals surface area contributed by atoms with Crippen LogP contribution < -0.4 is 0 Å². The molecule has 0 aliphatic rings. The fraction of sp³-hybridized carbons (Fsp3) is 0. The Kier molecular flexibility index (Phi) is 4.52. The lowest BCUT2D eigenvalue weighted by atomic mass is 10.0. The van der Waals surface area contributed by atoms with Gasteiger partial charge in [-0.25, -0.2) is 0 Å². The van der Waals surface area contributed by atoms with E-state index in [4.69, 9.17) is 11.6 Å². The molecule has 0 spiro atoms. The molecule has 4 aromatic carbocycles. The van der Waals surface area contributed by atoms with Crippen LogP contribution >= 0.6 is 11.6 Å². The van der Waals surface area contributed by atoms with Crippen LogP contribution in [0.3, 0.4) is 0 Å². The molecule has 0 saturated carbocycles. The average molecular weight is 431 g/mol. The quantitative estimate of drug-likeness (QED) is 0.277. The number of benzene rings is 4. The van der Waals surface area contributed by atoms with Crippen LogP contribution in [0.5, 0.6) is 0 Å². The van der Waals surface area contributed by atoms with Crippen LogP contribution in [0.4, 0.5) is 0 Å². The van der Waals surface area contributed by atoms with Gasteiger partial charge in [-0.15, -0.1) is 0 Å². The monoisotopic (exact) mass is 430 g/mol. The van der Waals surface area contributed by atoms with E-state index in [1.165, 1.54) is 16.3 Å². The van der Waals surface area contributed by atoms with Gasteiger partial charge in [-0.05, 0) is 59.2 Å². The third-order valence-electron chi connectivity index (χ3n) is 5.98. The summed E-state index contributed by atoms with van der Waals surface area (Å²) < 4.78 is 2.34. The number of pyridine rings is 1. The molecule has 0 fully saturated rings. The van der Waals surface area contributed by atoms with Gasteiger partial charge in [0.05, 0.1) is 11.0 Å². The molecule has 3 heteroatoms. The van der Waals surface area contributed by atoms with Gasteiger partial charge in [-0.1, -0.05) is 72.3 Å². The first-order valence-corrected chi connectivity index (χ1v) is 11.0. The minimum Gasteiger partial charge on any atom is -0.309 e. The van der Waals surface area contributed by atoms with Crippen molar-refractivity contribution in [1.29, 1.82) is 0 Å². The van der Waals surface area contributed by atoms with Gasteiger partial charge in [0, 0.05) is 39.4 Å². The number of aromatic nitrogens is 2. The van der Waals surface area contributed by atoms with Gasteiger partial charge in [-0.2, -0.15) is 0 Å². The smallest absolute Gasteiger partial charge is 0.0547 e. The van der Waals surface area contributed by atoms with Crippen molar-refractivity contribution in [3.8, 4) is 27.9 Å². The first-order valence-electron chi connectivity index (χ1n) is 10.6. The minimum atomic E-state index is 0.759. The molecule has 152 valence electrons. The molecule has 0 unspecified atom stereocenters. The van der Waals surface area contributed by atoms with Crippen LogP contribution in [-0.4, -0.2) is 9.55 Å². The Labute approximate surface area is 191 Å². The van der Waals surface area contributed by atoms with Crippen LogP contribution in [-0.2, 0) is 0 Å². The van der Waals surface area contributed by atoms with Crippen molar-refractivity contribution in [1.82, 2.24) is 9.55 Å². The average Bonchev–Trinajstić information content (AvgIpc) is 3.19. The van der Waals surface area contributed by atoms with Crippen LogP contribution in [0.1, 0.15) is 0 Å². The molecule has 0 saturated heterocycles. The summed E-state index contributed by atoms with van der Waals surface area (Å²) in [6.07, 6.45) is 3.66. The zero-order chi connectivity index (χ0) is 21.5. The third-order valence-corrected chi connectivity index (χ3v) is 6.31. The first-order chi connectivity index (χ1) is 15.8. The zero-order valence-electron chi connectivity index (χ0n) is 17.2. The maximum absolute atomic E-state index is 6.52. The molecular weight excluding hydrogens is 412 g/mol. The Balaban J connectivity index is 1.64. The zero-order valence-corrected chi connectivity index (χ0v) is 18.0. The van der Waals surface area contributed by atoms with E-state index in [0.717, 1.165) is 38.5 Å². The predicted octanol–water partition coefficient (Wildman–Crippen LogP) is 8.17. The van der Waals surface area contributed by atoms with Crippen LogP contribution in [0.25, 0.3) is 49.7 Å². The summed E-state index contributed by atoms with van der Waals surface area (Å²) in [6, 6.07) is 35.9. The highest BCUT2D eigenvalue weighted by atomic mass is 35.5. The Morgan fingerprint density at radius 3 is 2.22 bits per heavy atom. The lowest BCUT2D eigenvalue weighted by molar-refractivity contribution is 1.18. The van der Waals surface area contributed by atoms with Crippen molar-refractivity contribution in [3.63, 3.8) is 0 Å². The van der Waals surface area contributed by atoms with Gasteiger partial charge in [0.1, 0.15) is 0 Å². The maximum atomic E-state index is 6.52. The van der Waals surface area contributed by atoms with Crippen molar-refractivity contribution in [3.05, 3.63) is 121 Å². The Morgan fingerprint density at radius 2 is 1.34 bits per heavy atom. The molecule has 2 nitrogen and oxygen atoms in total. The highest BCUT2D eigenvalue weighted by molar-refractivity contribution is 6.33. The van der Waals surface area contributed by atoms with Gasteiger partial charge in [-0.3, -0.25) is 4.98 Å². The fourth-order valence-electron chi connectivity index (χ4n) is 4.48. The van der Waals surface area contributed by atoms with E-state index < -0.39 is 0 Å². The van der Waals surface area contributed by atoms with E-state index in [2.05, 4.69) is 82.3 Å². The number of halogens is 1. The van der Waals surface area contributed by atoms with Crippen molar-refractivity contribution in [2.45, 2.75) is 0 Å². The first kappa shape index (κ1) is 18.9. The topological polar surface area (TPSA) is 17.8 Å². The molecule has 0 radical (unpaired) electrons. The van der Waals surface area contributed by atoms with Crippen molar-refractivity contribution < 1.29 is 0 Å². The van der Waals surface area contributed by atoms with E-state index in [0.29, 0.717) is 0 Å². The summed E-state index contributed by atoms with van der Waals surface area (Å²) in [5, 5.41) is 3.22. The van der Waals surface area contributed by atoms with Crippen molar-refractivity contribution >= 4 is 33.4 Å². The van der Waals surface area contributed by atoms with Gasteiger partial charge in [0.25, 0.3) is 0 Å². The normalized spacial score (nSPS) is 11.3. The standard InChI is InChI=1S/C29H19ClN2/c30-27-10-3-1-8-24(27)22-12-13-26-25-9-2-4-11-28(25)32(29(26)19-22)23-7-5-6-21(18-23)20-14-16-31-17-15-20/h1-19H. The molecule has 2 aromatic heterocycles. The number of nitrogens with zero attached hydrogens (tertiary/aromatic N) is 2. The molecule has 0 atom stereocenters. The summed E-state index contributed by atoms with van der Waals surface area (Å²) in [5.41, 5.74) is 7.94. The molecule has 6 aromatic rings. The highest BCUT2D eigenvalue weighted by Gasteiger charge is 2.14. The lowest BCUT2D eigenvalue weighted by Gasteiger charge is -2.11. The second-order valence-electron chi connectivity index (χ2n) is 7.85. The summed E-state index contributed by atoms with van der Waals surface area (Å²) in [4.78, 5) is 4.15. The van der Waals surface area contributed by atoms with Crippen LogP contribution in [0.15, 0.2) is 116 Å². The third kappa shape index (κ3) is 3.08. The van der Waals surface area contributed by atoms with Crippen LogP contribution in [0.2, 0.25) is 5.02 Å². The van der Waals surface area contributed by atoms with Gasteiger partial charge >= 0.3 is 0 Å². The molecule has 0 bridgehead atoms. The fourth-order valence-corrected chi connectivity index (χ4v) is 4.73. The highest BCUT2D eigenvalue weighted by Crippen LogP contribution is 2.37. The Bertz CT molecular complexity index is 1580. The molecule has 0 N–H and O–H groups in total. The number of rotatable bonds is 3. The minimum absolute atomic E-state index is 0.759. The summed E-state index contributed by atoms with van der Waals surface area (Å²) in [6.45, 7) is 0. The van der Waals surface area contributed by atoms with Gasteiger partial charge in [0.15, 0.2) is 0 Å². The summed E-state index contributed by atoms with van der Waals surface area (Å²) >= 11 is 6.52. The number of fused-ring (bicyclic) bond motifs is 3. The molecular formula is C29H19ClN2. The number of para-hydroxylation sites is 1. The molecule has 32 heavy (non-hydrogen) atoms. The number of hydrogen-bond donors (Lipinski definition) is 0. The Morgan fingerprint density at radius 1 is 0.562 bits per heavy atom. The van der Waals surface area contributed by atoms with E-state index in [9.17, 15) is 0 Å². The molecule has 2 heterocycles. The van der Waals surface area contributed by atoms with E-state index in [1.807, 2.05) is 42.7 Å². The summed E-state index contributed by atoms with van der Waals surface area (Å²) in [5.74, 6) is 0. The molecule has 0 amide bonds. The van der Waals surface area contributed by atoms with Crippen molar-refractivity contribution in [2.75, 3.05) is 0 Å². The van der Waals surface area contributed by atoms with E-state index >= 15 is 0 Å². The van der Waals surface area contributed by atoms with Gasteiger partial charge in [0.2, 0.25) is 0 Å². The predicted molar refractivity (Wildman–Crippen MR) is 134 cm³/mol. The molecule has 6 rings (SSSR count). The summed E-state index contributed by atoms with van der Waals surface area (Å²) in [7, 11) is 0.